The van der Waals surface area contributed by atoms with Crippen LogP contribution in [0.2, 0.25) is 0 Å². The maximum Gasteiger partial charge on any atom is 0.186 e. The highest BCUT2D eigenvalue weighted by Gasteiger charge is 2.45. The monoisotopic (exact) mass is 370 g/mol. The highest BCUT2D eigenvalue weighted by molar-refractivity contribution is 5.87. The minimum absolute atomic E-state index is 0.0132. The van der Waals surface area contributed by atoms with Gasteiger partial charge in [-0.2, -0.15) is 0 Å². The van der Waals surface area contributed by atoms with E-state index in [1.807, 2.05) is 13.0 Å². The van der Waals surface area contributed by atoms with Gasteiger partial charge in [0.1, 0.15) is 24.4 Å². The summed E-state index contributed by atoms with van der Waals surface area (Å²) in [5, 5.41) is 39.2. The lowest BCUT2D eigenvalue weighted by molar-refractivity contribution is -0.312. The average Bonchev–Trinajstić information content (AvgIpc) is 2.53. The molecule has 4 N–H and O–H groups in total. The Morgan fingerprint density at radius 2 is 1.92 bits per heavy atom. The number of ketones is 1. The molecule has 1 fully saturated rings. The van der Waals surface area contributed by atoms with Crippen LogP contribution in [0.25, 0.3) is 0 Å². The Kier molecular flexibility index (Phi) is 6.76. The molecule has 2 aliphatic rings. The maximum atomic E-state index is 11.2. The van der Waals surface area contributed by atoms with Crippen molar-refractivity contribution in [3.05, 3.63) is 23.3 Å². The van der Waals surface area contributed by atoms with Gasteiger partial charge in [0.25, 0.3) is 0 Å². The summed E-state index contributed by atoms with van der Waals surface area (Å²) in [6, 6.07) is 0. The third kappa shape index (κ3) is 4.60. The summed E-state index contributed by atoms with van der Waals surface area (Å²) in [6.45, 7) is 7.11. The lowest BCUT2D eigenvalue weighted by atomic mass is 9.71. The van der Waals surface area contributed by atoms with Crippen molar-refractivity contribution in [3.8, 4) is 0 Å². The van der Waals surface area contributed by atoms with E-state index in [0.29, 0.717) is 12.8 Å². The zero-order valence-corrected chi connectivity index (χ0v) is 15.8. The number of carbonyl (C=O) groups excluding carboxylic acids is 1. The Labute approximate surface area is 153 Å². The molecular formula is C19H30O7. The van der Waals surface area contributed by atoms with Crippen molar-refractivity contribution in [2.75, 3.05) is 6.61 Å². The van der Waals surface area contributed by atoms with Crippen LogP contribution in [0.3, 0.4) is 0 Å². The first-order valence-electron chi connectivity index (χ1n) is 8.91. The van der Waals surface area contributed by atoms with Crippen LogP contribution in [-0.2, 0) is 14.3 Å². The van der Waals surface area contributed by atoms with Crippen molar-refractivity contribution in [2.24, 2.45) is 5.41 Å². The van der Waals surface area contributed by atoms with Crippen LogP contribution in [0.4, 0.5) is 0 Å². The summed E-state index contributed by atoms with van der Waals surface area (Å²) in [6.07, 6.45) is -2.00. The van der Waals surface area contributed by atoms with E-state index in [2.05, 4.69) is 13.8 Å². The number of carbonyl (C=O) groups is 1. The third-order valence-corrected chi connectivity index (χ3v) is 5.12. The van der Waals surface area contributed by atoms with Gasteiger partial charge in [-0.15, -0.1) is 0 Å². The van der Waals surface area contributed by atoms with Gasteiger partial charge in [0.05, 0.1) is 12.7 Å². The van der Waals surface area contributed by atoms with Crippen LogP contribution in [0, 0.1) is 5.41 Å². The fourth-order valence-electron chi connectivity index (χ4n) is 3.81. The van der Waals surface area contributed by atoms with Crippen LogP contribution in [0.5, 0.6) is 0 Å². The highest BCUT2D eigenvalue weighted by Crippen LogP contribution is 2.42. The molecule has 148 valence electrons. The van der Waals surface area contributed by atoms with Crippen molar-refractivity contribution in [3.63, 3.8) is 0 Å². The van der Waals surface area contributed by atoms with E-state index in [4.69, 9.17) is 9.47 Å². The van der Waals surface area contributed by atoms with Crippen molar-refractivity contribution in [2.45, 2.75) is 77.3 Å². The van der Waals surface area contributed by atoms with E-state index in [9.17, 15) is 25.2 Å². The summed E-state index contributed by atoms with van der Waals surface area (Å²) in [5.41, 5.74) is 1.92. The zero-order valence-electron chi connectivity index (χ0n) is 15.8. The van der Waals surface area contributed by atoms with Gasteiger partial charge < -0.3 is 29.9 Å². The van der Waals surface area contributed by atoms with Crippen molar-refractivity contribution in [1.29, 1.82) is 0 Å². The summed E-state index contributed by atoms with van der Waals surface area (Å²) in [7, 11) is 0. The number of hydrogen-bond acceptors (Lipinski definition) is 7. The quantitative estimate of drug-likeness (QED) is 0.519. The number of rotatable bonds is 5. The number of hydrogen-bond donors (Lipinski definition) is 4. The second-order valence-electron chi connectivity index (χ2n) is 7.89. The van der Waals surface area contributed by atoms with E-state index in [1.165, 1.54) is 6.92 Å². The van der Waals surface area contributed by atoms with Gasteiger partial charge >= 0.3 is 0 Å². The first-order valence-corrected chi connectivity index (χ1v) is 8.91. The van der Waals surface area contributed by atoms with Crippen molar-refractivity contribution in [1.82, 2.24) is 0 Å². The second kappa shape index (κ2) is 8.29. The lowest BCUT2D eigenvalue weighted by Gasteiger charge is -2.43. The van der Waals surface area contributed by atoms with Crippen molar-refractivity contribution >= 4 is 5.78 Å². The molecule has 0 saturated carbocycles. The molecule has 0 aromatic heterocycles. The minimum Gasteiger partial charge on any atom is -0.394 e. The molecular weight excluding hydrogens is 340 g/mol. The van der Waals surface area contributed by atoms with Gasteiger partial charge in [0.2, 0.25) is 0 Å². The van der Waals surface area contributed by atoms with Crippen LogP contribution in [0.15, 0.2) is 23.3 Å². The molecule has 0 aromatic rings. The number of aliphatic hydroxyl groups excluding tert-OH is 4. The molecule has 0 aromatic carbocycles. The van der Waals surface area contributed by atoms with Crippen LogP contribution in [0.1, 0.15) is 40.5 Å². The summed E-state index contributed by atoms with van der Waals surface area (Å²) in [5.74, 6) is -0.0132. The molecule has 7 nitrogen and oxygen atoms in total. The predicted octanol–water partition coefficient (Wildman–Crippen LogP) is 0.453. The lowest BCUT2D eigenvalue weighted by Crippen LogP contribution is -2.59. The summed E-state index contributed by atoms with van der Waals surface area (Å²) < 4.78 is 11.3. The fourth-order valence-corrected chi connectivity index (χ4v) is 3.81. The molecule has 1 aliphatic carbocycles. The van der Waals surface area contributed by atoms with Crippen LogP contribution in [-0.4, -0.2) is 69.6 Å². The summed E-state index contributed by atoms with van der Waals surface area (Å²) >= 11 is 0. The first-order chi connectivity index (χ1) is 12.1. The molecule has 1 saturated heterocycles. The molecule has 1 aliphatic heterocycles. The highest BCUT2D eigenvalue weighted by atomic mass is 16.7. The molecule has 0 amide bonds. The van der Waals surface area contributed by atoms with E-state index in [-0.39, 0.29) is 17.3 Å². The third-order valence-electron chi connectivity index (χ3n) is 5.12. The molecule has 26 heavy (non-hydrogen) atoms. The average molecular weight is 370 g/mol. The largest absolute Gasteiger partial charge is 0.394 e. The van der Waals surface area contributed by atoms with Crippen LogP contribution >= 0.6 is 0 Å². The van der Waals surface area contributed by atoms with Crippen LogP contribution < -0.4 is 0 Å². The Morgan fingerprint density at radius 3 is 2.46 bits per heavy atom. The molecule has 0 radical (unpaired) electrons. The summed E-state index contributed by atoms with van der Waals surface area (Å²) in [4.78, 5) is 11.2. The Hall–Kier alpha value is -1.09. The Morgan fingerprint density at radius 1 is 1.27 bits per heavy atom. The SMILES string of the molecule is CC(=O)/C=C/C1=C(C)C[C@H](O[C@@H]2O[C@H](CO)[C@@H](O)[C@H](O)[C@H]2O)CC1(C)C. The normalized spacial score (nSPS) is 38.0. The number of ether oxygens (including phenoxy) is 2. The zero-order chi connectivity index (χ0) is 19.6. The molecule has 0 bridgehead atoms. The van der Waals surface area contributed by atoms with Gasteiger partial charge in [-0.25, -0.2) is 0 Å². The second-order valence-corrected chi connectivity index (χ2v) is 7.89. The molecule has 1 heterocycles. The van der Waals surface area contributed by atoms with Gasteiger partial charge in [-0.3, -0.25) is 4.79 Å². The Bertz CT molecular complexity index is 578. The van der Waals surface area contributed by atoms with E-state index >= 15 is 0 Å². The topological polar surface area (TPSA) is 116 Å². The smallest absolute Gasteiger partial charge is 0.186 e. The molecule has 0 unspecified atom stereocenters. The molecule has 0 spiro atoms. The van der Waals surface area contributed by atoms with E-state index < -0.39 is 37.3 Å². The van der Waals surface area contributed by atoms with Gasteiger partial charge in [-0.05, 0) is 43.8 Å². The van der Waals surface area contributed by atoms with E-state index in [1.54, 1.807) is 6.08 Å². The maximum absolute atomic E-state index is 11.2. The molecule has 7 heteroatoms. The number of aliphatic hydroxyl groups is 4. The number of allylic oxidation sites excluding steroid dienone is 3. The first kappa shape index (κ1) is 21.2. The molecule has 6 atom stereocenters. The minimum atomic E-state index is -1.45. The van der Waals surface area contributed by atoms with Crippen molar-refractivity contribution < 1.29 is 34.7 Å². The predicted molar refractivity (Wildman–Crippen MR) is 94.2 cm³/mol. The fraction of sp³-hybridized carbons (Fsp3) is 0.737. The van der Waals surface area contributed by atoms with E-state index in [0.717, 1.165) is 11.1 Å². The van der Waals surface area contributed by atoms with Gasteiger partial charge in [0.15, 0.2) is 12.1 Å². The van der Waals surface area contributed by atoms with Gasteiger partial charge in [-0.1, -0.05) is 25.5 Å². The molecule has 2 rings (SSSR count). The van der Waals surface area contributed by atoms with Gasteiger partial charge in [0, 0.05) is 0 Å². The standard InChI is InChI=1S/C19H30O7/c1-10-7-12(8-19(3,4)13(10)6-5-11(2)21)25-18-17(24)16(23)15(22)14(9-20)26-18/h5-6,12,14-18,20,22-24H,7-9H2,1-4H3/b6-5+/t12-,14+,15+,16-,17+,18+/m0/s1. The Balaban J connectivity index is 2.13.